The van der Waals surface area contributed by atoms with Crippen molar-refractivity contribution in [3.8, 4) is 50.8 Å². The number of nitrogens with two attached hydrogens (primary N) is 3. The molecule has 630 valence electrons. The van der Waals surface area contributed by atoms with Gasteiger partial charge in [0.25, 0.3) is 0 Å². The molecular weight excluding hydrogens is 1660 g/mol. The zero-order chi connectivity index (χ0) is 87.1. The first kappa shape index (κ1) is 87.0. The van der Waals surface area contributed by atoms with Gasteiger partial charge >= 0.3 is 17.1 Å². The second-order valence-corrected chi connectivity index (χ2v) is 32.5. The number of hydrogen-bond acceptors (Lipinski definition) is 18. The van der Waals surface area contributed by atoms with Crippen LogP contribution in [0.2, 0.25) is 20.1 Å². The third kappa shape index (κ3) is 15.4. The number of nitrogen functional groups attached to an aromatic ring is 3. The Kier molecular flexibility index (Phi) is 24.9. The van der Waals surface area contributed by atoms with Crippen molar-refractivity contribution >= 4 is 114 Å². The maximum atomic E-state index is 15.9. The van der Waals surface area contributed by atoms with Crippen molar-refractivity contribution in [1.29, 1.82) is 0 Å². The Bertz CT molecular complexity index is 5690. The molecule has 0 bridgehead atoms. The zero-order valence-corrected chi connectivity index (χ0v) is 70.0. The van der Waals surface area contributed by atoms with Crippen LogP contribution in [0.15, 0.2) is 69.4 Å². The van der Waals surface area contributed by atoms with Gasteiger partial charge in [-0.05, 0) is 170 Å². The van der Waals surface area contributed by atoms with Gasteiger partial charge in [-0.25, -0.2) is 91.3 Å². The van der Waals surface area contributed by atoms with E-state index in [0.717, 1.165) is 69.9 Å². The SMILES string of the molecule is Cc1ccnc(C(C)C)c1-n1c(=O)nc(N2CCCC[C@@H]2C)c2cc(F)c(-c3c(Cl)c(N)c(F)c(F)c3Cl)nc21.Cc1ccnc(C(C)C)c1-n1c(=O)nc(N2CCCC[C@@H]2C)c2cc(F)c(-c3c(F)c(N)c(F)c(F)c3Cl)nc21.Cc1ccnc(C(C)C)c1-n1c(=O)nc(N2CCCC[C@@H]2C)c2cc(F)c(-c3c(N)c(Cl)c(F)c(F)c3F)nc21. The lowest BCUT2D eigenvalue weighted by molar-refractivity contribution is 0.449. The highest BCUT2D eigenvalue weighted by Gasteiger charge is 2.37. The van der Waals surface area contributed by atoms with Gasteiger partial charge in [0, 0.05) is 61.9 Å². The van der Waals surface area contributed by atoms with Crippen LogP contribution in [0.1, 0.15) is 172 Å². The Morgan fingerprint density at radius 3 is 1.01 bits per heavy atom. The molecular formula is C84H81Cl4F11N18O3. The van der Waals surface area contributed by atoms with E-state index in [1.807, 2.05) is 83.9 Å². The molecule has 0 amide bonds. The summed E-state index contributed by atoms with van der Waals surface area (Å²) in [4.78, 5) is 87.1. The normalized spacial score (nSPS) is 15.8. The number of piperidine rings is 3. The molecule has 3 saturated heterocycles. The van der Waals surface area contributed by atoms with Crippen molar-refractivity contribution in [3.05, 3.63) is 204 Å². The Balaban J connectivity index is 0.000000156. The predicted molar refractivity (Wildman–Crippen MR) is 446 cm³/mol. The smallest absolute Gasteiger partial charge is 0.355 e. The van der Waals surface area contributed by atoms with Gasteiger partial charge in [0.2, 0.25) is 0 Å². The Labute approximate surface area is 700 Å². The summed E-state index contributed by atoms with van der Waals surface area (Å²) in [6.45, 7) is 24.6. The molecule has 9 aromatic heterocycles. The highest BCUT2D eigenvalue weighted by atomic mass is 35.5. The first-order valence-electron chi connectivity index (χ1n) is 38.7. The number of aryl methyl sites for hydroxylation is 3. The molecule has 0 unspecified atom stereocenters. The number of hydrogen-bond donors (Lipinski definition) is 3. The molecule has 3 atom stereocenters. The van der Waals surface area contributed by atoms with Crippen molar-refractivity contribution in [1.82, 2.24) is 58.6 Å². The Hall–Kier alpha value is -10.8. The van der Waals surface area contributed by atoms with E-state index in [0.29, 0.717) is 70.5 Å². The van der Waals surface area contributed by atoms with Gasteiger partial charge in [0.1, 0.15) is 51.1 Å². The number of fused-ring (bicyclic) bond motifs is 3. The summed E-state index contributed by atoms with van der Waals surface area (Å²) in [5.41, 5.74) is 13.1. The van der Waals surface area contributed by atoms with E-state index in [2.05, 4.69) is 44.9 Å². The van der Waals surface area contributed by atoms with Crippen molar-refractivity contribution in [2.24, 2.45) is 0 Å². The van der Waals surface area contributed by atoms with Crippen LogP contribution in [0, 0.1) is 84.8 Å². The standard InChI is InChI=1S/C28H27Cl2F3N6O.2C28H27ClF4N6O/c1-12(2)23-25(13(3)8-9-35-23)39-27-15(26(37-28(39)40)38-10-6-5-7-14(38)4)11-16(31)24(36-27)17-18(29)20(32)21(33)22(34)19(17)30;1-12(2)23-25(13(3)8-9-35-23)39-27-15(26(37-28(39)40)38-10-6-5-7-14(38)4)11-16(30)24(36-27)17-19(31)21(33)20(32)18(29)22(17)34;1-12(2)23-25(13(3)8-9-35-23)39-27-15(26(37-28(39)40)38-10-6-5-7-14(38)4)11-16(30)24(36-27)17-18(29)20(32)21(33)22(34)19(17)31/h3*8-9,11-12,14H,5-7,10,34H2,1-4H3/t3*14-/m000/s1. The Morgan fingerprint density at radius 1 is 0.367 bits per heavy atom. The lowest BCUT2D eigenvalue weighted by Crippen LogP contribution is -2.40. The molecule has 3 aliphatic rings. The average Bonchev–Trinajstić information content (AvgIpc) is 0.737. The van der Waals surface area contributed by atoms with Crippen molar-refractivity contribution < 1.29 is 48.3 Å². The van der Waals surface area contributed by atoms with E-state index < -0.39 is 152 Å². The summed E-state index contributed by atoms with van der Waals surface area (Å²) in [6, 6.07) is 8.50. The Morgan fingerprint density at radius 2 is 0.675 bits per heavy atom. The number of nitrogens with zero attached hydrogens (tertiary/aromatic N) is 15. The first-order chi connectivity index (χ1) is 56.8. The maximum Gasteiger partial charge on any atom is 0.355 e. The van der Waals surface area contributed by atoms with Crippen molar-refractivity contribution in [3.63, 3.8) is 0 Å². The summed E-state index contributed by atoms with van der Waals surface area (Å²) in [5, 5.41) is -2.59. The maximum absolute atomic E-state index is 15.9. The van der Waals surface area contributed by atoms with Gasteiger partial charge in [-0.15, -0.1) is 0 Å². The molecule has 12 heterocycles. The molecule has 0 radical (unpaired) electrons. The fourth-order valence-corrected chi connectivity index (χ4v) is 16.8. The van der Waals surface area contributed by atoms with Crippen LogP contribution in [0.25, 0.3) is 83.9 Å². The van der Waals surface area contributed by atoms with Gasteiger partial charge in [-0.3, -0.25) is 15.0 Å². The van der Waals surface area contributed by atoms with E-state index in [4.69, 9.17) is 63.6 Å². The minimum atomic E-state index is -1.92. The second kappa shape index (κ2) is 34.4. The van der Waals surface area contributed by atoms with E-state index in [-0.39, 0.29) is 86.4 Å². The molecule has 15 rings (SSSR count). The van der Waals surface area contributed by atoms with Crippen molar-refractivity contribution in [2.75, 3.05) is 51.5 Å². The van der Waals surface area contributed by atoms with Gasteiger partial charge in [-0.1, -0.05) is 87.9 Å². The van der Waals surface area contributed by atoms with E-state index >= 15 is 22.0 Å². The monoisotopic (exact) mass is 1740 g/mol. The molecule has 12 aromatic rings. The second-order valence-electron chi connectivity index (χ2n) is 31.0. The molecule has 0 aliphatic carbocycles. The van der Waals surface area contributed by atoms with Crippen LogP contribution >= 0.6 is 46.4 Å². The summed E-state index contributed by atoms with van der Waals surface area (Å²) in [7, 11) is 0. The summed E-state index contributed by atoms with van der Waals surface area (Å²) in [6.07, 6.45) is 13.0. The molecule has 0 saturated carbocycles. The minimum Gasteiger partial charge on any atom is -0.397 e. The fraction of sp³-hybridized carbons (Fsp3) is 0.357. The third-order valence-electron chi connectivity index (χ3n) is 22.0. The van der Waals surface area contributed by atoms with E-state index in [1.165, 1.54) is 19.8 Å². The largest absolute Gasteiger partial charge is 0.397 e. The van der Waals surface area contributed by atoms with Crippen LogP contribution in [0.3, 0.4) is 0 Å². The van der Waals surface area contributed by atoms with Crippen LogP contribution < -0.4 is 49.0 Å². The lowest BCUT2D eigenvalue weighted by atomic mass is 10.0. The number of anilines is 6. The molecule has 3 aliphatic heterocycles. The summed E-state index contributed by atoms with van der Waals surface area (Å²) in [5.74, 6) is -15.8. The average molecular weight is 1740 g/mol. The molecule has 6 N–H and O–H groups in total. The number of aromatic nitrogens is 12. The van der Waals surface area contributed by atoms with Crippen molar-refractivity contribution in [2.45, 2.75) is 177 Å². The van der Waals surface area contributed by atoms with E-state index in [1.54, 1.807) is 50.6 Å². The fourth-order valence-electron chi connectivity index (χ4n) is 15.8. The van der Waals surface area contributed by atoms with Gasteiger partial charge in [-0.2, -0.15) is 15.0 Å². The first-order valence-corrected chi connectivity index (χ1v) is 40.2. The van der Waals surface area contributed by atoms with Crippen LogP contribution in [0.4, 0.5) is 82.8 Å². The number of pyridine rings is 6. The summed E-state index contributed by atoms with van der Waals surface area (Å²) >= 11 is 24.2. The molecule has 36 heteroatoms. The molecule has 21 nitrogen and oxygen atoms in total. The number of benzene rings is 3. The molecule has 120 heavy (non-hydrogen) atoms. The van der Waals surface area contributed by atoms with Crippen LogP contribution in [-0.2, 0) is 0 Å². The highest BCUT2D eigenvalue weighted by Crippen LogP contribution is 2.47. The van der Waals surface area contributed by atoms with Crippen LogP contribution in [0.5, 0.6) is 0 Å². The summed E-state index contributed by atoms with van der Waals surface area (Å²) < 4.78 is 167. The third-order valence-corrected chi connectivity index (χ3v) is 23.5. The van der Waals surface area contributed by atoms with Gasteiger partial charge in [0.05, 0.1) is 87.9 Å². The number of halogens is 15. The van der Waals surface area contributed by atoms with Crippen LogP contribution in [-0.4, -0.2) is 96.3 Å². The molecule has 3 fully saturated rings. The molecule has 3 aromatic carbocycles. The zero-order valence-electron chi connectivity index (χ0n) is 67.0. The van der Waals surface area contributed by atoms with E-state index in [9.17, 15) is 40.7 Å². The number of rotatable bonds is 12. The predicted octanol–water partition coefficient (Wildman–Crippen LogP) is 19.9. The molecule has 0 spiro atoms. The van der Waals surface area contributed by atoms with Gasteiger partial charge in [0.15, 0.2) is 75.1 Å². The highest BCUT2D eigenvalue weighted by molar-refractivity contribution is 6.41. The quantitative estimate of drug-likeness (QED) is 0.0444. The topological polar surface area (TPSA) is 270 Å². The lowest BCUT2D eigenvalue weighted by Gasteiger charge is -2.35. The minimum absolute atomic E-state index is 0.00618. The van der Waals surface area contributed by atoms with Gasteiger partial charge < -0.3 is 31.9 Å².